The van der Waals surface area contributed by atoms with Crippen LogP contribution < -0.4 is 15.4 Å². The van der Waals surface area contributed by atoms with Gasteiger partial charge in [-0.3, -0.25) is 0 Å². The molecule has 1 atom stereocenters. The minimum absolute atomic E-state index is 0.00754. The molecule has 1 rings (SSSR count). The maximum atomic E-state index is 11.9. The van der Waals surface area contributed by atoms with Gasteiger partial charge in [0.1, 0.15) is 5.75 Å². The summed E-state index contributed by atoms with van der Waals surface area (Å²) in [6, 6.07) is 5.17. The summed E-state index contributed by atoms with van der Waals surface area (Å²) in [5.41, 5.74) is 0.627. The van der Waals surface area contributed by atoms with Gasteiger partial charge in [-0.1, -0.05) is 15.9 Å². The summed E-state index contributed by atoms with van der Waals surface area (Å²) in [7, 11) is 0. The SMILES string of the molecule is CCOc1cc(Br)ccc1NC(=O)NC(C)CCCO. The maximum Gasteiger partial charge on any atom is 0.319 e. The average Bonchev–Trinajstić information content (AvgIpc) is 2.40. The first kappa shape index (κ1) is 16.8. The Balaban J connectivity index is 2.61. The van der Waals surface area contributed by atoms with E-state index in [1.165, 1.54) is 0 Å². The van der Waals surface area contributed by atoms with Crippen LogP contribution in [-0.2, 0) is 0 Å². The van der Waals surface area contributed by atoms with Gasteiger partial charge in [0.05, 0.1) is 12.3 Å². The van der Waals surface area contributed by atoms with Gasteiger partial charge in [0.2, 0.25) is 0 Å². The number of aliphatic hydroxyl groups excluding tert-OH is 1. The van der Waals surface area contributed by atoms with Crippen molar-refractivity contribution in [3.63, 3.8) is 0 Å². The highest BCUT2D eigenvalue weighted by Gasteiger charge is 2.10. The molecule has 1 aromatic rings. The smallest absolute Gasteiger partial charge is 0.319 e. The minimum atomic E-state index is -0.279. The first-order chi connectivity index (χ1) is 9.56. The monoisotopic (exact) mass is 344 g/mol. The van der Waals surface area contributed by atoms with Crippen LogP contribution in [0.5, 0.6) is 5.75 Å². The largest absolute Gasteiger partial charge is 0.492 e. The van der Waals surface area contributed by atoms with E-state index >= 15 is 0 Å². The lowest BCUT2D eigenvalue weighted by Gasteiger charge is -2.16. The molecule has 0 bridgehead atoms. The molecule has 0 saturated heterocycles. The lowest BCUT2D eigenvalue weighted by atomic mass is 10.2. The molecule has 112 valence electrons. The molecule has 6 heteroatoms. The number of anilines is 1. The number of aliphatic hydroxyl groups is 1. The van der Waals surface area contributed by atoms with Crippen LogP contribution in [0.15, 0.2) is 22.7 Å². The summed E-state index contributed by atoms with van der Waals surface area (Å²) in [5, 5.41) is 14.3. The van der Waals surface area contributed by atoms with Gasteiger partial charge in [0.25, 0.3) is 0 Å². The Bertz CT molecular complexity index is 440. The summed E-state index contributed by atoms with van der Waals surface area (Å²) in [6.45, 7) is 4.45. The summed E-state index contributed by atoms with van der Waals surface area (Å²) in [6.07, 6.45) is 1.41. The van der Waals surface area contributed by atoms with Crippen molar-refractivity contribution >= 4 is 27.6 Å². The van der Waals surface area contributed by atoms with Crippen LogP contribution in [0.3, 0.4) is 0 Å². The summed E-state index contributed by atoms with van der Waals surface area (Å²) < 4.78 is 6.37. The Labute approximate surface area is 127 Å². The van der Waals surface area contributed by atoms with Crippen molar-refractivity contribution in [2.24, 2.45) is 0 Å². The van der Waals surface area contributed by atoms with E-state index in [-0.39, 0.29) is 18.7 Å². The fourth-order valence-corrected chi connectivity index (χ4v) is 2.07. The third kappa shape index (κ3) is 5.79. The van der Waals surface area contributed by atoms with Gasteiger partial charge in [-0.25, -0.2) is 4.79 Å². The second-order valence-corrected chi connectivity index (χ2v) is 5.35. The number of benzene rings is 1. The Morgan fingerprint density at radius 3 is 2.90 bits per heavy atom. The van der Waals surface area contributed by atoms with E-state index in [0.717, 1.165) is 10.9 Å². The zero-order chi connectivity index (χ0) is 15.0. The molecule has 0 fully saturated rings. The third-order valence-electron chi connectivity index (χ3n) is 2.66. The van der Waals surface area contributed by atoms with E-state index in [1.54, 1.807) is 6.07 Å². The standard InChI is InChI=1S/C14H21BrN2O3/c1-3-20-13-9-11(15)6-7-12(13)17-14(19)16-10(2)5-4-8-18/h6-7,9-10,18H,3-5,8H2,1-2H3,(H2,16,17,19). The fraction of sp³-hybridized carbons (Fsp3) is 0.500. The molecular formula is C14H21BrN2O3. The van der Waals surface area contributed by atoms with Crippen LogP contribution >= 0.6 is 15.9 Å². The van der Waals surface area contributed by atoms with E-state index in [0.29, 0.717) is 24.5 Å². The predicted octanol–water partition coefficient (Wildman–Crippen LogP) is 3.13. The number of urea groups is 1. The zero-order valence-electron chi connectivity index (χ0n) is 11.8. The van der Waals surface area contributed by atoms with Crippen molar-refractivity contribution in [2.45, 2.75) is 32.7 Å². The lowest BCUT2D eigenvalue weighted by Crippen LogP contribution is -2.36. The molecule has 20 heavy (non-hydrogen) atoms. The van der Waals surface area contributed by atoms with Crippen molar-refractivity contribution in [1.29, 1.82) is 0 Å². The Morgan fingerprint density at radius 2 is 2.25 bits per heavy atom. The number of hydrogen-bond acceptors (Lipinski definition) is 3. The van der Waals surface area contributed by atoms with Gasteiger partial charge in [-0.05, 0) is 44.9 Å². The first-order valence-electron chi connectivity index (χ1n) is 6.67. The molecule has 0 aliphatic carbocycles. The van der Waals surface area contributed by atoms with Crippen molar-refractivity contribution in [2.75, 3.05) is 18.5 Å². The van der Waals surface area contributed by atoms with Crippen LogP contribution in [0.2, 0.25) is 0 Å². The van der Waals surface area contributed by atoms with Gasteiger partial charge < -0.3 is 20.5 Å². The molecule has 1 unspecified atom stereocenters. The van der Waals surface area contributed by atoms with Crippen molar-refractivity contribution in [3.8, 4) is 5.75 Å². The number of hydrogen-bond donors (Lipinski definition) is 3. The van der Waals surface area contributed by atoms with E-state index in [9.17, 15) is 4.79 Å². The first-order valence-corrected chi connectivity index (χ1v) is 7.46. The number of rotatable bonds is 7. The van der Waals surface area contributed by atoms with Crippen LogP contribution in [0.1, 0.15) is 26.7 Å². The van der Waals surface area contributed by atoms with Crippen molar-refractivity contribution in [1.82, 2.24) is 5.32 Å². The van der Waals surface area contributed by atoms with Crippen molar-refractivity contribution in [3.05, 3.63) is 22.7 Å². The molecule has 0 aliphatic heterocycles. The number of carbonyl (C=O) groups excluding carboxylic acids is 1. The molecule has 0 heterocycles. The van der Waals surface area contributed by atoms with Gasteiger partial charge in [0.15, 0.2) is 0 Å². The molecule has 0 saturated carbocycles. The van der Waals surface area contributed by atoms with Crippen molar-refractivity contribution < 1.29 is 14.6 Å². The van der Waals surface area contributed by atoms with E-state index in [4.69, 9.17) is 9.84 Å². The van der Waals surface area contributed by atoms with Gasteiger partial charge >= 0.3 is 6.03 Å². The van der Waals surface area contributed by atoms with Gasteiger partial charge in [0, 0.05) is 17.1 Å². The Kier molecular flexibility index (Phi) is 7.40. The number of carbonyl (C=O) groups is 1. The lowest BCUT2D eigenvalue weighted by molar-refractivity contribution is 0.245. The zero-order valence-corrected chi connectivity index (χ0v) is 13.4. The summed E-state index contributed by atoms with van der Waals surface area (Å²) in [5.74, 6) is 0.625. The average molecular weight is 345 g/mol. The molecule has 1 aromatic carbocycles. The maximum absolute atomic E-state index is 11.9. The molecule has 0 aliphatic rings. The second kappa shape index (κ2) is 8.81. The Morgan fingerprint density at radius 1 is 1.50 bits per heavy atom. The van der Waals surface area contributed by atoms with Crippen LogP contribution in [0.25, 0.3) is 0 Å². The number of halogens is 1. The molecule has 3 N–H and O–H groups in total. The number of amides is 2. The van der Waals surface area contributed by atoms with E-state index in [2.05, 4.69) is 26.6 Å². The third-order valence-corrected chi connectivity index (χ3v) is 3.16. The Hall–Kier alpha value is -1.27. The molecule has 2 amide bonds. The highest BCUT2D eigenvalue weighted by Crippen LogP contribution is 2.28. The molecular weight excluding hydrogens is 324 g/mol. The van der Waals surface area contributed by atoms with E-state index < -0.39 is 0 Å². The molecule has 5 nitrogen and oxygen atoms in total. The molecule has 0 radical (unpaired) electrons. The summed E-state index contributed by atoms with van der Waals surface area (Å²) in [4.78, 5) is 11.9. The van der Waals surface area contributed by atoms with Crippen LogP contribution in [0, 0.1) is 0 Å². The minimum Gasteiger partial charge on any atom is -0.492 e. The predicted molar refractivity (Wildman–Crippen MR) is 83.2 cm³/mol. The quantitative estimate of drug-likeness (QED) is 0.711. The van der Waals surface area contributed by atoms with Gasteiger partial charge in [-0.15, -0.1) is 0 Å². The van der Waals surface area contributed by atoms with Crippen LogP contribution in [-0.4, -0.2) is 30.4 Å². The highest BCUT2D eigenvalue weighted by molar-refractivity contribution is 9.10. The fourth-order valence-electron chi connectivity index (χ4n) is 1.73. The molecule has 0 aromatic heterocycles. The van der Waals surface area contributed by atoms with Gasteiger partial charge in [-0.2, -0.15) is 0 Å². The highest BCUT2D eigenvalue weighted by atomic mass is 79.9. The van der Waals surface area contributed by atoms with E-state index in [1.807, 2.05) is 26.0 Å². The summed E-state index contributed by atoms with van der Waals surface area (Å²) >= 11 is 3.37. The topological polar surface area (TPSA) is 70.6 Å². The number of nitrogens with one attached hydrogen (secondary N) is 2. The number of ether oxygens (including phenoxy) is 1. The normalized spacial score (nSPS) is 11.8. The second-order valence-electron chi connectivity index (χ2n) is 4.44. The van der Waals surface area contributed by atoms with Crippen LogP contribution in [0.4, 0.5) is 10.5 Å². The molecule has 0 spiro atoms.